The van der Waals surface area contributed by atoms with Crippen molar-refractivity contribution in [2.75, 3.05) is 5.33 Å². The quantitative estimate of drug-likeness (QED) is 0.620. The summed E-state index contributed by atoms with van der Waals surface area (Å²) < 4.78 is 1.97. The van der Waals surface area contributed by atoms with Gasteiger partial charge in [-0.3, -0.25) is 0 Å². The summed E-state index contributed by atoms with van der Waals surface area (Å²) in [6.07, 6.45) is 2.31. The summed E-state index contributed by atoms with van der Waals surface area (Å²) in [4.78, 5) is 0. The van der Waals surface area contributed by atoms with Gasteiger partial charge in [0.05, 0.1) is 5.52 Å². The maximum Gasteiger partial charge on any atom is 0.113 e. The first kappa shape index (κ1) is 9.65. The van der Waals surface area contributed by atoms with Crippen molar-refractivity contribution in [2.45, 2.75) is 19.4 Å². The van der Waals surface area contributed by atoms with Crippen LogP contribution in [0.5, 0.6) is 0 Å². The van der Waals surface area contributed by atoms with Crippen molar-refractivity contribution in [3.05, 3.63) is 24.3 Å². The molecule has 0 radical (unpaired) electrons. The molecule has 0 aliphatic heterocycles. The number of benzene rings is 1. The SMILES string of the molecule is BrCCCCn1nnc2ccccc21. The van der Waals surface area contributed by atoms with Gasteiger partial charge in [-0.1, -0.05) is 33.3 Å². The highest BCUT2D eigenvalue weighted by atomic mass is 79.9. The van der Waals surface area contributed by atoms with Gasteiger partial charge in [0.25, 0.3) is 0 Å². The summed E-state index contributed by atoms with van der Waals surface area (Å²) in [5.74, 6) is 0. The van der Waals surface area contributed by atoms with Crippen LogP contribution in [0, 0.1) is 0 Å². The minimum absolute atomic E-state index is 0.951. The molecule has 0 aliphatic carbocycles. The van der Waals surface area contributed by atoms with E-state index >= 15 is 0 Å². The molecule has 0 atom stereocenters. The van der Waals surface area contributed by atoms with Crippen LogP contribution in [-0.4, -0.2) is 20.3 Å². The second-order valence-electron chi connectivity index (χ2n) is 3.20. The number of unbranched alkanes of at least 4 members (excludes halogenated alkanes) is 1. The molecule has 0 unspecified atom stereocenters. The third-order valence-corrected chi connectivity index (χ3v) is 2.73. The van der Waals surface area contributed by atoms with E-state index in [9.17, 15) is 0 Å². The molecule has 1 aromatic carbocycles. The largest absolute Gasteiger partial charge is 0.245 e. The lowest BCUT2D eigenvalue weighted by Gasteiger charge is -1.99. The van der Waals surface area contributed by atoms with Gasteiger partial charge >= 0.3 is 0 Å². The van der Waals surface area contributed by atoms with Crippen molar-refractivity contribution in [3.63, 3.8) is 0 Å². The molecule has 14 heavy (non-hydrogen) atoms. The number of rotatable bonds is 4. The average molecular weight is 254 g/mol. The Bertz CT molecular complexity index is 410. The Balaban J connectivity index is 2.17. The van der Waals surface area contributed by atoms with Crippen LogP contribution in [0.25, 0.3) is 11.0 Å². The van der Waals surface area contributed by atoms with E-state index in [2.05, 4.69) is 32.3 Å². The van der Waals surface area contributed by atoms with Gasteiger partial charge in [-0.05, 0) is 25.0 Å². The van der Waals surface area contributed by atoms with Gasteiger partial charge in [0.1, 0.15) is 5.52 Å². The summed E-state index contributed by atoms with van der Waals surface area (Å²) >= 11 is 3.42. The normalized spacial score (nSPS) is 10.9. The first-order valence-electron chi connectivity index (χ1n) is 4.76. The van der Waals surface area contributed by atoms with E-state index in [-0.39, 0.29) is 0 Å². The molecule has 0 bridgehead atoms. The third kappa shape index (κ3) is 1.95. The number of aryl methyl sites for hydroxylation is 1. The molecule has 4 heteroatoms. The second-order valence-corrected chi connectivity index (χ2v) is 3.99. The zero-order valence-corrected chi connectivity index (χ0v) is 9.44. The molecule has 0 saturated heterocycles. The lowest BCUT2D eigenvalue weighted by molar-refractivity contribution is 0.570. The summed E-state index contributed by atoms with van der Waals surface area (Å²) in [5.41, 5.74) is 2.11. The number of fused-ring (bicyclic) bond motifs is 1. The number of hydrogen-bond donors (Lipinski definition) is 0. The van der Waals surface area contributed by atoms with E-state index in [1.165, 1.54) is 6.42 Å². The second kappa shape index (κ2) is 4.55. The summed E-state index contributed by atoms with van der Waals surface area (Å²) in [7, 11) is 0. The molecular weight excluding hydrogens is 242 g/mol. The molecule has 0 amide bonds. The van der Waals surface area contributed by atoms with Gasteiger partial charge in [-0.15, -0.1) is 5.10 Å². The fourth-order valence-corrected chi connectivity index (χ4v) is 1.84. The lowest BCUT2D eigenvalue weighted by Crippen LogP contribution is -2.00. The van der Waals surface area contributed by atoms with Gasteiger partial charge < -0.3 is 0 Å². The van der Waals surface area contributed by atoms with Crippen molar-refractivity contribution in [1.82, 2.24) is 15.0 Å². The van der Waals surface area contributed by atoms with Crippen LogP contribution in [-0.2, 0) is 6.54 Å². The zero-order valence-electron chi connectivity index (χ0n) is 7.86. The Morgan fingerprint density at radius 3 is 2.93 bits per heavy atom. The maximum absolute atomic E-state index is 4.12. The van der Waals surface area contributed by atoms with Crippen molar-refractivity contribution in [3.8, 4) is 0 Å². The van der Waals surface area contributed by atoms with E-state index < -0.39 is 0 Å². The standard InChI is InChI=1S/C10H12BrN3/c11-7-3-4-8-14-10-6-2-1-5-9(10)12-13-14/h1-2,5-6H,3-4,7-8H2. The number of para-hydroxylation sites is 1. The smallest absolute Gasteiger partial charge is 0.113 e. The van der Waals surface area contributed by atoms with Crippen molar-refractivity contribution in [1.29, 1.82) is 0 Å². The van der Waals surface area contributed by atoms with Gasteiger partial charge in [-0.2, -0.15) is 0 Å². The molecule has 0 fully saturated rings. The number of nitrogens with zero attached hydrogens (tertiary/aromatic N) is 3. The molecule has 2 aromatic rings. The Morgan fingerprint density at radius 1 is 1.21 bits per heavy atom. The van der Waals surface area contributed by atoms with E-state index in [1.807, 2.05) is 22.9 Å². The fourth-order valence-electron chi connectivity index (χ4n) is 1.44. The molecule has 0 aliphatic rings. The molecule has 0 saturated carbocycles. The fraction of sp³-hybridized carbons (Fsp3) is 0.400. The average Bonchev–Trinajstić information content (AvgIpc) is 2.63. The zero-order chi connectivity index (χ0) is 9.80. The van der Waals surface area contributed by atoms with E-state index in [1.54, 1.807) is 0 Å². The first-order valence-corrected chi connectivity index (χ1v) is 5.88. The summed E-state index contributed by atoms with van der Waals surface area (Å²) in [6.45, 7) is 0.951. The lowest BCUT2D eigenvalue weighted by atomic mass is 10.3. The van der Waals surface area contributed by atoms with Crippen LogP contribution in [0.4, 0.5) is 0 Å². The maximum atomic E-state index is 4.12. The minimum atomic E-state index is 0.951. The van der Waals surface area contributed by atoms with Gasteiger partial charge in [0.2, 0.25) is 0 Å². The third-order valence-electron chi connectivity index (χ3n) is 2.17. The molecular formula is C10H12BrN3. The van der Waals surface area contributed by atoms with Crippen molar-refractivity contribution >= 4 is 27.0 Å². The van der Waals surface area contributed by atoms with Crippen molar-refractivity contribution in [2.24, 2.45) is 0 Å². The van der Waals surface area contributed by atoms with Gasteiger partial charge in [0, 0.05) is 11.9 Å². The van der Waals surface area contributed by atoms with Gasteiger partial charge in [-0.25, -0.2) is 4.68 Å². The Morgan fingerprint density at radius 2 is 2.07 bits per heavy atom. The molecule has 1 aromatic heterocycles. The van der Waals surface area contributed by atoms with Crippen LogP contribution in [0.1, 0.15) is 12.8 Å². The highest BCUT2D eigenvalue weighted by molar-refractivity contribution is 9.09. The summed E-state index contributed by atoms with van der Waals surface area (Å²) in [6, 6.07) is 8.05. The minimum Gasteiger partial charge on any atom is -0.245 e. The number of hydrogen-bond acceptors (Lipinski definition) is 2. The van der Waals surface area contributed by atoms with Crippen LogP contribution in [0.3, 0.4) is 0 Å². The molecule has 0 spiro atoms. The highest BCUT2D eigenvalue weighted by Gasteiger charge is 2.01. The molecule has 2 rings (SSSR count). The predicted octanol–water partition coefficient (Wildman–Crippen LogP) is 2.61. The molecule has 1 heterocycles. The van der Waals surface area contributed by atoms with E-state index in [0.717, 1.165) is 29.3 Å². The highest BCUT2D eigenvalue weighted by Crippen LogP contribution is 2.10. The van der Waals surface area contributed by atoms with Gasteiger partial charge in [0.15, 0.2) is 0 Å². The molecule has 0 N–H and O–H groups in total. The van der Waals surface area contributed by atoms with Crippen molar-refractivity contribution < 1.29 is 0 Å². The monoisotopic (exact) mass is 253 g/mol. The number of aromatic nitrogens is 3. The number of alkyl halides is 1. The topological polar surface area (TPSA) is 30.7 Å². The number of halogens is 1. The Labute approximate surface area is 91.2 Å². The predicted molar refractivity (Wildman–Crippen MR) is 60.6 cm³/mol. The first-order chi connectivity index (χ1) is 6.92. The molecule has 74 valence electrons. The van der Waals surface area contributed by atoms with Crippen LogP contribution in [0.2, 0.25) is 0 Å². The van der Waals surface area contributed by atoms with Crippen LogP contribution < -0.4 is 0 Å². The van der Waals surface area contributed by atoms with E-state index in [0.29, 0.717) is 0 Å². The Kier molecular flexibility index (Phi) is 3.14. The summed E-state index contributed by atoms with van der Waals surface area (Å²) in [5, 5.41) is 9.27. The Hall–Kier alpha value is -0.900. The van der Waals surface area contributed by atoms with Crippen LogP contribution in [0.15, 0.2) is 24.3 Å². The van der Waals surface area contributed by atoms with Crippen LogP contribution >= 0.6 is 15.9 Å². The molecule has 3 nitrogen and oxygen atoms in total. The van der Waals surface area contributed by atoms with E-state index in [4.69, 9.17) is 0 Å².